The molecule has 1 aromatic carbocycles. The summed E-state index contributed by atoms with van der Waals surface area (Å²) in [7, 11) is 0. The van der Waals surface area contributed by atoms with E-state index in [0.717, 1.165) is 0 Å². The molecule has 4 rings (SSSR count). The summed E-state index contributed by atoms with van der Waals surface area (Å²) in [6, 6.07) is 2.87. The molecular weight excluding hydrogens is 544 g/mol. The molecule has 40 heavy (non-hydrogen) atoms. The summed E-state index contributed by atoms with van der Waals surface area (Å²) in [4.78, 5) is 55.4. The molecule has 2 N–H and O–H groups in total. The fourth-order valence-electron chi connectivity index (χ4n) is 4.60. The Morgan fingerprint density at radius 1 is 0.925 bits per heavy atom. The third-order valence-electron chi connectivity index (χ3n) is 6.38. The Kier molecular flexibility index (Phi) is 8.86. The Morgan fingerprint density at radius 3 is 1.88 bits per heavy atom. The highest BCUT2D eigenvalue weighted by Gasteiger charge is 2.35. The van der Waals surface area contributed by atoms with Crippen molar-refractivity contribution in [1.29, 1.82) is 0 Å². The molecular formula is C26H32N4O9S. The molecule has 2 aliphatic rings. The Balaban J connectivity index is 1.52. The average molecular weight is 577 g/mol. The van der Waals surface area contributed by atoms with Gasteiger partial charge in [-0.3, -0.25) is 9.59 Å². The van der Waals surface area contributed by atoms with E-state index in [-0.39, 0.29) is 22.1 Å². The van der Waals surface area contributed by atoms with E-state index < -0.39 is 49.1 Å². The summed E-state index contributed by atoms with van der Waals surface area (Å²) in [5.74, 6) is -2.40. The molecule has 0 radical (unpaired) electrons. The molecule has 14 heteroatoms. The number of ether oxygens (including phenoxy) is 2. The number of thioether (sulfide) groups is 1. The van der Waals surface area contributed by atoms with Crippen LogP contribution < -0.4 is 9.47 Å². The number of benzene rings is 1. The van der Waals surface area contributed by atoms with Crippen LogP contribution >= 0.6 is 11.8 Å². The molecule has 0 unspecified atom stereocenters. The number of hydrogen-bond acceptors (Lipinski definition) is 10. The molecule has 3 heterocycles. The molecule has 2 saturated heterocycles. The lowest BCUT2D eigenvalue weighted by molar-refractivity contribution is -0.149. The highest BCUT2D eigenvalue weighted by molar-refractivity contribution is 8.00. The lowest BCUT2D eigenvalue weighted by Crippen LogP contribution is -2.42. The van der Waals surface area contributed by atoms with Gasteiger partial charge >= 0.3 is 11.9 Å². The van der Waals surface area contributed by atoms with Gasteiger partial charge in [-0.1, -0.05) is 37.7 Å². The first-order valence-corrected chi connectivity index (χ1v) is 13.7. The predicted octanol–water partition coefficient (Wildman–Crippen LogP) is 2.54. The van der Waals surface area contributed by atoms with Crippen molar-refractivity contribution in [2.45, 2.75) is 68.5 Å². The van der Waals surface area contributed by atoms with Crippen molar-refractivity contribution in [3.05, 3.63) is 18.2 Å². The fourth-order valence-corrected chi connectivity index (χ4v) is 5.33. The third-order valence-corrected chi connectivity index (χ3v) is 7.33. The van der Waals surface area contributed by atoms with Crippen LogP contribution in [-0.4, -0.2) is 97.0 Å². The minimum absolute atomic E-state index is 0.170. The van der Waals surface area contributed by atoms with Gasteiger partial charge in [0.25, 0.3) is 17.0 Å². The van der Waals surface area contributed by atoms with Gasteiger partial charge in [-0.15, -0.1) is 0 Å². The van der Waals surface area contributed by atoms with Crippen molar-refractivity contribution >= 4 is 35.5 Å². The molecule has 13 nitrogen and oxygen atoms in total. The zero-order chi connectivity index (χ0) is 29.0. The van der Waals surface area contributed by atoms with Crippen LogP contribution in [0.4, 0.5) is 0 Å². The maximum absolute atomic E-state index is 12.7. The molecule has 2 aliphatic heterocycles. The second kappa shape index (κ2) is 12.1. The van der Waals surface area contributed by atoms with Crippen LogP contribution in [0.1, 0.15) is 46.5 Å². The quantitative estimate of drug-likeness (QED) is 0.396. The van der Waals surface area contributed by atoms with E-state index in [1.165, 1.54) is 27.6 Å². The number of likely N-dealkylation sites (tertiary alicyclic amines) is 2. The normalized spacial score (nSPS) is 19.1. The first-order valence-electron chi connectivity index (χ1n) is 12.9. The van der Waals surface area contributed by atoms with Gasteiger partial charge in [0.1, 0.15) is 23.6 Å². The van der Waals surface area contributed by atoms with E-state index in [0.29, 0.717) is 49.6 Å². The number of carbonyl (C=O) groups excluding carboxylic acids is 2. The molecule has 2 aromatic rings. The highest BCUT2D eigenvalue weighted by Crippen LogP contribution is 2.34. The molecule has 2 amide bonds. The number of carboxylic acid groups (broad SMARTS) is 2. The zero-order valence-electron chi connectivity index (χ0n) is 22.5. The topological polar surface area (TPSA) is 173 Å². The number of carbonyl (C=O) groups is 4. The Labute approximate surface area is 234 Å². The lowest BCUT2D eigenvalue weighted by atomic mass is 10.2. The van der Waals surface area contributed by atoms with Gasteiger partial charge in [0, 0.05) is 29.5 Å². The van der Waals surface area contributed by atoms with Gasteiger partial charge in [0.15, 0.2) is 13.2 Å². The van der Waals surface area contributed by atoms with Crippen LogP contribution in [0.5, 0.6) is 11.5 Å². The maximum Gasteiger partial charge on any atom is 0.326 e. The monoisotopic (exact) mass is 576 g/mol. The Bertz CT molecular complexity index is 1210. The Morgan fingerprint density at radius 2 is 1.43 bits per heavy atom. The number of aliphatic carboxylic acids is 2. The summed E-state index contributed by atoms with van der Waals surface area (Å²) in [5, 5.41) is 23.1. The van der Waals surface area contributed by atoms with Crippen molar-refractivity contribution in [2.24, 2.45) is 0 Å². The number of aromatic nitrogens is 2. The number of nitrogens with zero attached hydrogens (tertiary/aromatic N) is 4. The van der Waals surface area contributed by atoms with Gasteiger partial charge in [-0.2, -0.15) is 4.98 Å². The predicted molar refractivity (Wildman–Crippen MR) is 141 cm³/mol. The van der Waals surface area contributed by atoms with E-state index in [4.69, 9.17) is 14.0 Å². The number of amides is 2. The molecule has 1 aromatic heterocycles. The number of rotatable bonds is 10. The summed E-state index contributed by atoms with van der Waals surface area (Å²) in [5.41, 5.74) is 0.436. The van der Waals surface area contributed by atoms with E-state index >= 15 is 0 Å². The van der Waals surface area contributed by atoms with Crippen molar-refractivity contribution < 1.29 is 43.4 Å². The molecule has 0 bridgehead atoms. The molecule has 216 valence electrons. The van der Waals surface area contributed by atoms with Crippen molar-refractivity contribution in [3.63, 3.8) is 0 Å². The van der Waals surface area contributed by atoms with Gasteiger partial charge in [-0.05, 0) is 37.8 Å². The van der Waals surface area contributed by atoms with Crippen LogP contribution in [-0.2, 0) is 19.2 Å². The number of hydrogen-bond donors (Lipinski definition) is 2. The van der Waals surface area contributed by atoms with Crippen molar-refractivity contribution in [3.8, 4) is 22.9 Å². The summed E-state index contributed by atoms with van der Waals surface area (Å²) >= 11 is 1.39. The third kappa shape index (κ3) is 7.23. The van der Waals surface area contributed by atoms with E-state index in [1.54, 1.807) is 12.1 Å². The highest BCUT2D eigenvalue weighted by atomic mass is 32.2. The van der Waals surface area contributed by atoms with Crippen molar-refractivity contribution in [1.82, 2.24) is 19.9 Å². The maximum atomic E-state index is 12.7. The SMILES string of the molecule is CC(C)(C)Sc1nc(-c2cc(OCC(=O)N3CCC[C@@H]3C(=O)O)cc(OCC(=O)N3CCC[C@@H]3C(=O)O)c2)no1. The second-order valence-corrected chi connectivity index (χ2v) is 12.3. The average Bonchev–Trinajstić information content (AvgIpc) is 3.65. The zero-order valence-corrected chi connectivity index (χ0v) is 23.3. The van der Waals surface area contributed by atoms with E-state index in [2.05, 4.69) is 10.1 Å². The molecule has 2 fully saturated rings. The minimum Gasteiger partial charge on any atom is -0.484 e. The number of carboxylic acids is 2. The second-order valence-electron chi connectivity index (χ2n) is 10.5. The summed E-state index contributed by atoms with van der Waals surface area (Å²) in [6.07, 6.45) is 1.96. The summed E-state index contributed by atoms with van der Waals surface area (Å²) in [6.45, 7) is 5.86. The van der Waals surface area contributed by atoms with E-state index in [1.807, 2.05) is 20.8 Å². The smallest absolute Gasteiger partial charge is 0.326 e. The van der Waals surface area contributed by atoms with Crippen LogP contribution in [0.15, 0.2) is 27.9 Å². The van der Waals surface area contributed by atoms with Crippen LogP contribution in [0, 0.1) is 0 Å². The standard InChI is InChI=1S/C26H32N4O9S/c1-26(2,3)40-25-27-22(28-39-25)15-10-16(37-13-20(31)29-8-4-6-18(29)23(33)34)12-17(11-15)38-14-21(32)30-9-5-7-19(30)24(35)36/h10-12,18-19H,4-9,13-14H2,1-3H3,(H,33,34)(H,35,36)/t18-,19-/m1/s1. The van der Waals surface area contributed by atoms with Gasteiger partial charge in [-0.25, -0.2) is 9.59 Å². The van der Waals surface area contributed by atoms with Gasteiger partial charge in [0.05, 0.1) is 0 Å². The lowest BCUT2D eigenvalue weighted by Gasteiger charge is -2.22. The minimum atomic E-state index is -1.06. The molecule has 0 spiro atoms. The van der Waals surface area contributed by atoms with Crippen molar-refractivity contribution in [2.75, 3.05) is 26.3 Å². The Hall–Kier alpha value is -3.81. The summed E-state index contributed by atoms with van der Waals surface area (Å²) < 4.78 is 16.6. The van der Waals surface area contributed by atoms with Crippen LogP contribution in [0.2, 0.25) is 0 Å². The van der Waals surface area contributed by atoms with Gasteiger partial charge < -0.3 is 34.0 Å². The first kappa shape index (κ1) is 29.2. The molecule has 2 atom stereocenters. The van der Waals surface area contributed by atoms with Crippen LogP contribution in [0.3, 0.4) is 0 Å². The molecule has 0 saturated carbocycles. The van der Waals surface area contributed by atoms with Gasteiger partial charge in [0.2, 0.25) is 5.82 Å². The molecule has 0 aliphatic carbocycles. The largest absolute Gasteiger partial charge is 0.484 e. The fraction of sp³-hybridized carbons (Fsp3) is 0.538. The first-order chi connectivity index (χ1) is 18.9. The van der Waals surface area contributed by atoms with E-state index in [9.17, 15) is 29.4 Å². The van der Waals surface area contributed by atoms with Crippen LogP contribution in [0.25, 0.3) is 11.4 Å².